The van der Waals surface area contributed by atoms with Gasteiger partial charge < -0.3 is 10.4 Å². The number of benzene rings is 1. The molecule has 122 valence electrons. The second-order valence-electron chi connectivity index (χ2n) is 7.21. The number of carbonyl (C=O) groups excluding carboxylic acids is 1. The standard InChI is InChI=1S/C18H23N3O2/c1-18(2,3)15-10-13(21(4)20-15)17(23)19-16-12-8-6-5-7-11(12)9-14(16)22/h5-8,10,14,16,22H,9H2,1-4H3,(H,19,23)/t14-,16+/m1/s1. The molecule has 0 aliphatic heterocycles. The highest BCUT2D eigenvalue weighted by molar-refractivity contribution is 5.93. The molecule has 2 N–H and O–H groups in total. The lowest BCUT2D eigenvalue weighted by Crippen LogP contribution is -2.34. The van der Waals surface area contributed by atoms with Crippen LogP contribution in [-0.2, 0) is 18.9 Å². The summed E-state index contributed by atoms with van der Waals surface area (Å²) in [5, 5.41) is 17.7. The topological polar surface area (TPSA) is 67.2 Å². The Bertz CT molecular complexity index is 743. The van der Waals surface area contributed by atoms with Crippen LogP contribution in [0.2, 0.25) is 0 Å². The quantitative estimate of drug-likeness (QED) is 0.892. The van der Waals surface area contributed by atoms with Gasteiger partial charge in [0.15, 0.2) is 0 Å². The molecule has 0 unspecified atom stereocenters. The minimum Gasteiger partial charge on any atom is -0.390 e. The van der Waals surface area contributed by atoms with E-state index in [1.165, 1.54) is 0 Å². The Kier molecular flexibility index (Phi) is 3.76. The first-order valence-electron chi connectivity index (χ1n) is 7.88. The molecule has 23 heavy (non-hydrogen) atoms. The molecule has 1 aromatic carbocycles. The number of aliphatic hydroxyl groups is 1. The number of rotatable bonds is 2. The van der Waals surface area contributed by atoms with Crippen LogP contribution in [0.15, 0.2) is 30.3 Å². The summed E-state index contributed by atoms with van der Waals surface area (Å²) in [5.41, 5.74) is 3.34. The van der Waals surface area contributed by atoms with E-state index >= 15 is 0 Å². The van der Waals surface area contributed by atoms with Gasteiger partial charge in [-0.1, -0.05) is 45.0 Å². The highest BCUT2D eigenvalue weighted by atomic mass is 16.3. The van der Waals surface area contributed by atoms with Gasteiger partial charge in [-0.2, -0.15) is 5.10 Å². The minimum absolute atomic E-state index is 0.115. The molecule has 1 amide bonds. The number of nitrogens with one attached hydrogen (secondary N) is 1. The van der Waals surface area contributed by atoms with Crippen molar-refractivity contribution in [2.45, 2.75) is 44.8 Å². The van der Waals surface area contributed by atoms with Crippen LogP contribution < -0.4 is 5.32 Å². The number of hydrogen-bond donors (Lipinski definition) is 2. The van der Waals surface area contributed by atoms with Crippen LogP contribution in [0.4, 0.5) is 0 Å². The molecule has 3 rings (SSSR count). The molecule has 2 atom stereocenters. The van der Waals surface area contributed by atoms with Crippen LogP contribution >= 0.6 is 0 Å². The van der Waals surface area contributed by atoms with E-state index in [0.717, 1.165) is 16.8 Å². The molecule has 0 bridgehead atoms. The van der Waals surface area contributed by atoms with Crippen molar-refractivity contribution in [3.8, 4) is 0 Å². The lowest BCUT2D eigenvalue weighted by Gasteiger charge is -2.17. The SMILES string of the molecule is Cn1nc(C(C)(C)C)cc1C(=O)N[C@H]1c2ccccc2C[C@H]1O. The zero-order valence-electron chi connectivity index (χ0n) is 14.0. The number of aryl methyl sites for hydroxylation is 1. The summed E-state index contributed by atoms with van der Waals surface area (Å²) in [6, 6.07) is 9.28. The lowest BCUT2D eigenvalue weighted by atomic mass is 9.92. The fraction of sp³-hybridized carbons (Fsp3) is 0.444. The van der Waals surface area contributed by atoms with E-state index in [2.05, 4.69) is 31.2 Å². The first-order valence-corrected chi connectivity index (χ1v) is 7.88. The average Bonchev–Trinajstić information content (AvgIpc) is 3.00. The molecular weight excluding hydrogens is 290 g/mol. The second kappa shape index (κ2) is 5.49. The van der Waals surface area contributed by atoms with Gasteiger partial charge >= 0.3 is 0 Å². The highest BCUT2D eigenvalue weighted by Gasteiger charge is 2.33. The molecule has 0 spiro atoms. The summed E-state index contributed by atoms with van der Waals surface area (Å²) in [4.78, 5) is 12.6. The smallest absolute Gasteiger partial charge is 0.270 e. The van der Waals surface area contributed by atoms with Crippen LogP contribution in [0.1, 0.15) is 54.1 Å². The van der Waals surface area contributed by atoms with Gasteiger partial charge in [-0.15, -0.1) is 0 Å². The van der Waals surface area contributed by atoms with Gasteiger partial charge in [0.05, 0.1) is 17.8 Å². The number of nitrogens with zero attached hydrogens (tertiary/aromatic N) is 2. The van der Waals surface area contributed by atoms with E-state index in [1.807, 2.05) is 30.3 Å². The summed E-state index contributed by atoms with van der Waals surface area (Å²) in [6.45, 7) is 6.19. The van der Waals surface area contributed by atoms with Crippen LogP contribution in [0.5, 0.6) is 0 Å². The van der Waals surface area contributed by atoms with E-state index in [0.29, 0.717) is 12.1 Å². The summed E-state index contributed by atoms with van der Waals surface area (Å²) in [6.07, 6.45) is -0.0219. The van der Waals surface area contributed by atoms with Gasteiger partial charge in [-0.25, -0.2) is 0 Å². The van der Waals surface area contributed by atoms with E-state index < -0.39 is 6.10 Å². The zero-order valence-corrected chi connectivity index (χ0v) is 14.0. The summed E-state index contributed by atoms with van der Waals surface area (Å²) >= 11 is 0. The van der Waals surface area contributed by atoms with Crippen molar-refractivity contribution in [1.82, 2.24) is 15.1 Å². The number of aliphatic hydroxyl groups excluding tert-OH is 1. The maximum absolute atomic E-state index is 12.6. The number of fused-ring (bicyclic) bond motifs is 1. The van der Waals surface area contributed by atoms with Crippen LogP contribution in [0.25, 0.3) is 0 Å². The number of carbonyl (C=O) groups is 1. The number of aromatic nitrogens is 2. The third-order valence-corrected chi connectivity index (χ3v) is 4.37. The summed E-state index contributed by atoms with van der Waals surface area (Å²) < 4.78 is 1.60. The molecule has 1 aliphatic rings. The maximum atomic E-state index is 12.6. The molecule has 1 aliphatic carbocycles. The summed E-state index contributed by atoms with van der Waals surface area (Å²) in [5.74, 6) is -0.212. The van der Waals surface area contributed by atoms with Gasteiger partial charge in [0.2, 0.25) is 0 Å². The Balaban J connectivity index is 1.84. The maximum Gasteiger partial charge on any atom is 0.270 e. The van der Waals surface area contributed by atoms with Crippen molar-refractivity contribution in [1.29, 1.82) is 0 Å². The van der Waals surface area contributed by atoms with Crippen molar-refractivity contribution in [2.24, 2.45) is 7.05 Å². The van der Waals surface area contributed by atoms with Gasteiger partial charge in [0, 0.05) is 18.9 Å². The van der Waals surface area contributed by atoms with Gasteiger partial charge in [-0.05, 0) is 17.2 Å². The third kappa shape index (κ3) is 2.88. The number of amides is 1. The molecular formula is C18H23N3O2. The summed E-state index contributed by atoms with van der Waals surface area (Å²) in [7, 11) is 1.77. The Hall–Kier alpha value is -2.14. The highest BCUT2D eigenvalue weighted by Crippen LogP contribution is 2.31. The molecule has 5 nitrogen and oxygen atoms in total. The zero-order chi connectivity index (χ0) is 16.8. The third-order valence-electron chi connectivity index (χ3n) is 4.37. The molecule has 0 radical (unpaired) electrons. The van der Waals surface area contributed by atoms with E-state index in [9.17, 15) is 9.90 Å². The fourth-order valence-electron chi connectivity index (χ4n) is 3.01. The molecule has 5 heteroatoms. The molecule has 1 heterocycles. The molecule has 2 aromatic rings. The van der Waals surface area contributed by atoms with Crippen molar-refractivity contribution < 1.29 is 9.90 Å². The Labute approximate surface area is 136 Å². The average molecular weight is 313 g/mol. The molecule has 0 fully saturated rings. The van der Waals surface area contributed by atoms with E-state index in [-0.39, 0.29) is 17.4 Å². The van der Waals surface area contributed by atoms with Crippen molar-refractivity contribution in [2.75, 3.05) is 0 Å². The van der Waals surface area contributed by atoms with E-state index in [1.54, 1.807) is 11.7 Å². The normalized spacial score (nSPS) is 20.4. The second-order valence-corrected chi connectivity index (χ2v) is 7.21. The first kappa shape index (κ1) is 15.7. The Morgan fingerprint density at radius 3 is 2.70 bits per heavy atom. The fourth-order valence-corrected chi connectivity index (χ4v) is 3.01. The van der Waals surface area contributed by atoms with Gasteiger partial charge in [0.1, 0.15) is 5.69 Å². The Morgan fingerprint density at radius 2 is 2.04 bits per heavy atom. The largest absolute Gasteiger partial charge is 0.390 e. The predicted molar refractivity (Wildman–Crippen MR) is 88.3 cm³/mol. The Morgan fingerprint density at radius 1 is 1.35 bits per heavy atom. The molecule has 1 aromatic heterocycles. The minimum atomic E-state index is -0.591. The molecule has 0 saturated carbocycles. The van der Waals surface area contributed by atoms with Crippen molar-refractivity contribution >= 4 is 5.91 Å². The van der Waals surface area contributed by atoms with E-state index in [4.69, 9.17) is 0 Å². The first-order chi connectivity index (χ1) is 10.8. The van der Waals surface area contributed by atoms with Crippen molar-refractivity contribution in [3.05, 3.63) is 52.8 Å². The van der Waals surface area contributed by atoms with Gasteiger partial charge in [0.25, 0.3) is 5.91 Å². The van der Waals surface area contributed by atoms with Crippen molar-refractivity contribution in [3.63, 3.8) is 0 Å². The van der Waals surface area contributed by atoms with Gasteiger partial charge in [-0.3, -0.25) is 9.48 Å². The van der Waals surface area contributed by atoms with Crippen LogP contribution in [0, 0.1) is 0 Å². The van der Waals surface area contributed by atoms with Crippen LogP contribution in [0.3, 0.4) is 0 Å². The number of hydrogen-bond acceptors (Lipinski definition) is 3. The predicted octanol–water partition coefficient (Wildman–Crippen LogP) is 2.11. The van der Waals surface area contributed by atoms with Crippen LogP contribution in [-0.4, -0.2) is 26.9 Å². The lowest BCUT2D eigenvalue weighted by molar-refractivity contribution is 0.0849. The molecule has 0 saturated heterocycles. The monoisotopic (exact) mass is 313 g/mol.